The van der Waals surface area contributed by atoms with Gasteiger partial charge in [0.2, 0.25) is 0 Å². The summed E-state index contributed by atoms with van der Waals surface area (Å²) in [6.07, 6.45) is 3.70. The highest BCUT2D eigenvalue weighted by Gasteiger charge is 2.54. The highest BCUT2D eigenvalue weighted by Crippen LogP contribution is 2.38. The first-order valence-corrected chi connectivity index (χ1v) is 8.92. The zero-order chi connectivity index (χ0) is 17.3. The maximum atomic E-state index is 12.8. The monoisotopic (exact) mass is 370 g/mol. The van der Waals surface area contributed by atoms with Crippen LogP contribution in [0.4, 0.5) is 4.79 Å². The molecule has 0 unspecified atom stereocenters. The van der Waals surface area contributed by atoms with Crippen molar-refractivity contribution < 1.29 is 14.3 Å². The molecule has 1 spiro atoms. The van der Waals surface area contributed by atoms with E-state index in [-0.39, 0.29) is 31.0 Å². The number of rotatable bonds is 4. The summed E-state index contributed by atoms with van der Waals surface area (Å²) in [6, 6.07) is 4.73. The Kier molecular flexibility index (Phi) is 4.92. The number of para-hydroxylation sites is 1. The molecule has 1 saturated heterocycles. The summed E-state index contributed by atoms with van der Waals surface area (Å²) in [7, 11) is 0. The molecule has 2 fully saturated rings. The number of imide groups is 1. The van der Waals surface area contributed by atoms with Gasteiger partial charge in [-0.1, -0.05) is 49.0 Å². The maximum absolute atomic E-state index is 12.8. The summed E-state index contributed by atoms with van der Waals surface area (Å²) >= 11 is 12.1. The van der Waals surface area contributed by atoms with Gasteiger partial charge in [-0.25, -0.2) is 4.79 Å². The second-order valence-electron chi connectivity index (χ2n) is 6.40. The molecule has 5 nitrogen and oxygen atoms in total. The predicted octanol–water partition coefficient (Wildman–Crippen LogP) is 3.87. The molecule has 130 valence electrons. The van der Waals surface area contributed by atoms with Crippen molar-refractivity contribution in [1.29, 1.82) is 0 Å². The molecular formula is C17H20Cl2N2O3. The summed E-state index contributed by atoms with van der Waals surface area (Å²) in [5, 5.41) is 3.72. The van der Waals surface area contributed by atoms with Crippen LogP contribution in [-0.4, -0.2) is 35.5 Å². The van der Waals surface area contributed by atoms with Gasteiger partial charge >= 0.3 is 6.03 Å². The number of carbonyl (C=O) groups excluding carboxylic acids is 2. The molecule has 1 aliphatic carbocycles. The topological polar surface area (TPSA) is 58.6 Å². The summed E-state index contributed by atoms with van der Waals surface area (Å²) in [6.45, 7) is 2.34. The number of hydrogen-bond donors (Lipinski definition) is 1. The number of halogens is 2. The quantitative estimate of drug-likeness (QED) is 0.818. The van der Waals surface area contributed by atoms with E-state index in [1.54, 1.807) is 18.2 Å². The van der Waals surface area contributed by atoms with Gasteiger partial charge in [-0.05, 0) is 30.9 Å². The first-order valence-electron chi connectivity index (χ1n) is 8.16. The third-order valence-electron chi connectivity index (χ3n) is 4.98. The Hall–Kier alpha value is -1.46. The molecule has 0 radical (unpaired) electrons. The third-order valence-corrected chi connectivity index (χ3v) is 5.58. The summed E-state index contributed by atoms with van der Waals surface area (Å²) in [5.41, 5.74) is -0.739. The maximum Gasteiger partial charge on any atom is 0.325 e. The fourth-order valence-corrected chi connectivity index (χ4v) is 4.06. The van der Waals surface area contributed by atoms with Crippen LogP contribution >= 0.6 is 23.2 Å². The van der Waals surface area contributed by atoms with Gasteiger partial charge in [0.25, 0.3) is 5.91 Å². The summed E-state index contributed by atoms with van der Waals surface area (Å²) in [5.74, 6) is 0.369. The van der Waals surface area contributed by atoms with Gasteiger partial charge in [0, 0.05) is 0 Å². The van der Waals surface area contributed by atoms with Crippen LogP contribution in [0.2, 0.25) is 10.0 Å². The molecule has 3 amide bonds. The fourth-order valence-electron chi connectivity index (χ4n) is 3.56. The zero-order valence-electron chi connectivity index (χ0n) is 13.5. The van der Waals surface area contributed by atoms with Crippen LogP contribution in [0.5, 0.6) is 5.75 Å². The molecule has 7 heteroatoms. The van der Waals surface area contributed by atoms with Gasteiger partial charge in [0.15, 0.2) is 5.75 Å². The van der Waals surface area contributed by atoms with Crippen LogP contribution in [0.1, 0.15) is 32.6 Å². The largest absolute Gasteiger partial charge is 0.489 e. The van der Waals surface area contributed by atoms with Crippen molar-refractivity contribution in [3.63, 3.8) is 0 Å². The van der Waals surface area contributed by atoms with E-state index in [1.165, 1.54) is 4.90 Å². The lowest BCUT2D eigenvalue weighted by atomic mass is 9.73. The molecule has 24 heavy (non-hydrogen) atoms. The van der Waals surface area contributed by atoms with Crippen molar-refractivity contribution >= 4 is 35.1 Å². The second-order valence-corrected chi connectivity index (χ2v) is 7.22. The smallest absolute Gasteiger partial charge is 0.325 e. The Labute approximate surface area is 151 Å². The van der Waals surface area contributed by atoms with Crippen molar-refractivity contribution in [3.8, 4) is 5.75 Å². The molecule has 3 rings (SSSR count). The van der Waals surface area contributed by atoms with Crippen LogP contribution in [0.3, 0.4) is 0 Å². The number of carbonyl (C=O) groups is 2. The molecule has 1 aromatic rings. The molecule has 1 aliphatic heterocycles. The lowest BCUT2D eigenvalue weighted by Crippen LogP contribution is -2.54. The van der Waals surface area contributed by atoms with Crippen LogP contribution < -0.4 is 10.1 Å². The van der Waals surface area contributed by atoms with Gasteiger partial charge in [0.05, 0.1) is 16.6 Å². The normalized spacial score (nSPS) is 26.8. The fraction of sp³-hybridized carbons (Fsp3) is 0.529. The zero-order valence-corrected chi connectivity index (χ0v) is 15.0. The number of ether oxygens (including phenoxy) is 1. The van der Waals surface area contributed by atoms with Crippen molar-refractivity contribution in [2.45, 2.75) is 38.1 Å². The van der Waals surface area contributed by atoms with Crippen LogP contribution in [0, 0.1) is 5.92 Å². The van der Waals surface area contributed by atoms with E-state index in [4.69, 9.17) is 27.9 Å². The van der Waals surface area contributed by atoms with Crippen LogP contribution in [-0.2, 0) is 4.79 Å². The Balaban J connectivity index is 1.66. The molecule has 2 atom stereocenters. The first kappa shape index (κ1) is 17.4. The lowest BCUT2D eigenvalue weighted by Gasteiger charge is -2.36. The molecule has 1 N–H and O–H groups in total. The number of amides is 3. The van der Waals surface area contributed by atoms with Gasteiger partial charge in [-0.15, -0.1) is 0 Å². The van der Waals surface area contributed by atoms with Crippen molar-refractivity contribution in [2.75, 3.05) is 13.2 Å². The molecule has 1 heterocycles. The van der Waals surface area contributed by atoms with Crippen LogP contribution in [0.15, 0.2) is 18.2 Å². The minimum absolute atomic E-state index is 0.145. The average molecular weight is 371 g/mol. The molecule has 0 bridgehead atoms. The standard InChI is InChI=1S/C17H20Cl2N2O3/c1-11-5-2-3-8-17(11)15(22)21(16(23)20-17)9-10-24-14-12(18)6-4-7-13(14)19/h4,6-7,11H,2-3,5,8-10H2,1H3,(H,20,23)/t11-,17-/m1/s1. The average Bonchev–Trinajstić information content (AvgIpc) is 2.78. The SMILES string of the molecule is C[C@@H]1CCCC[C@@]12NC(=O)N(CCOc1c(Cl)cccc1Cl)C2=O. The van der Waals surface area contributed by atoms with Crippen molar-refractivity contribution in [2.24, 2.45) is 5.92 Å². The van der Waals surface area contributed by atoms with E-state index in [0.29, 0.717) is 22.2 Å². The highest BCUT2D eigenvalue weighted by molar-refractivity contribution is 6.37. The van der Waals surface area contributed by atoms with E-state index in [9.17, 15) is 9.59 Å². The van der Waals surface area contributed by atoms with Crippen molar-refractivity contribution in [1.82, 2.24) is 10.2 Å². The Morgan fingerprint density at radius 2 is 2.00 bits per heavy atom. The molecule has 2 aliphatic rings. The van der Waals surface area contributed by atoms with Crippen molar-refractivity contribution in [3.05, 3.63) is 28.2 Å². The summed E-state index contributed by atoms with van der Waals surface area (Å²) < 4.78 is 5.59. The van der Waals surface area contributed by atoms with E-state index >= 15 is 0 Å². The van der Waals surface area contributed by atoms with Gasteiger partial charge in [-0.2, -0.15) is 0 Å². The van der Waals surface area contributed by atoms with E-state index < -0.39 is 5.54 Å². The summed E-state index contributed by atoms with van der Waals surface area (Å²) in [4.78, 5) is 26.3. The molecule has 1 saturated carbocycles. The van der Waals surface area contributed by atoms with Crippen LogP contribution in [0.25, 0.3) is 0 Å². The van der Waals surface area contributed by atoms with E-state index in [0.717, 1.165) is 19.3 Å². The lowest BCUT2D eigenvalue weighted by molar-refractivity contribution is -0.134. The minimum Gasteiger partial charge on any atom is -0.489 e. The molecule has 0 aromatic heterocycles. The van der Waals surface area contributed by atoms with Gasteiger partial charge in [0.1, 0.15) is 12.1 Å². The second kappa shape index (κ2) is 6.81. The number of nitrogens with one attached hydrogen (secondary N) is 1. The highest BCUT2D eigenvalue weighted by atomic mass is 35.5. The Morgan fingerprint density at radius 1 is 1.29 bits per heavy atom. The van der Waals surface area contributed by atoms with E-state index in [2.05, 4.69) is 5.32 Å². The Morgan fingerprint density at radius 3 is 2.67 bits per heavy atom. The number of urea groups is 1. The third kappa shape index (κ3) is 2.95. The molecule has 1 aromatic carbocycles. The van der Waals surface area contributed by atoms with E-state index in [1.807, 2.05) is 6.92 Å². The predicted molar refractivity (Wildman–Crippen MR) is 92.6 cm³/mol. The van der Waals surface area contributed by atoms with Gasteiger partial charge in [-0.3, -0.25) is 9.69 Å². The molecular weight excluding hydrogens is 351 g/mol. The first-order chi connectivity index (χ1) is 11.5. The number of benzene rings is 1. The number of hydrogen-bond acceptors (Lipinski definition) is 3. The minimum atomic E-state index is -0.739. The number of nitrogens with zero attached hydrogens (tertiary/aromatic N) is 1. The van der Waals surface area contributed by atoms with Gasteiger partial charge < -0.3 is 10.1 Å². The Bertz CT molecular complexity index is 647.